The van der Waals surface area contributed by atoms with Gasteiger partial charge in [0.25, 0.3) is 0 Å². The van der Waals surface area contributed by atoms with Crippen molar-refractivity contribution in [1.82, 2.24) is 14.9 Å². The molecule has 1 spiro atoms. The second-order valence-electron chi connectivity index (χ2n) is 10.2. The Bertz CT molecular complexity index is 1450. The van der Waals surface area contributed by atoms with Gasteiger partial charge in [-0.05, 0) is 43.0 Å². The van der Waals surface area contributed by atoms with E-state index in [0.29, 0.717) is 48.7 Å². The molecule has 3 aliphatic heterocycles. The predicted molar refractivity (Wildman–Crippen MR) is 144 cm³/mol. The second-order valence-corrected chi connectivity index (χ2v) is 11.0. The number of carbonyl (C=O) groups is 1. The summed E-state index contributed by atoms with van der Waals surface area (Å²) in [7, 11) is 0. The van der Waals surface area contributed by atoms with Crippen LogP contribution in [-0.4, -0.2) is 53.5 Å². The topological polar surface area (TPSA) is 56.9 Å². The van der Waals surface area contributed by atoms with Crippen LogP contribution in [0.3, 0.4) is 0 Å². The predicted octanol–water partition coefficient (Wildman–Crippen LogP) is 4.99. The molecule has 0 aliphatic carbocycles. The summed E-state index contributed by atoms with van der Waals surface area (Å²) in [6.07, 6.45) is 2.96. The minimum Gasteiger partial charge on any atom is -0.365 e. The molecule has 7 nitrogen and oxygen atoms in total. The number of aryl methyl sites for hydroxylation is 1. The second kappa shape index (κ2) is 8.96. The van der Waals surface area contributed by atoms with E-state index in [-0.39, 0.29) is 17.1 Å². The molecular formula is C28H27FN6OS. The molecule has 3 aromatic rings. The Morgan fingerprint density at radius 1 is 1.24 bits per heavy atom. The summed E-state index contributed by atoms with van der Waals surface area (Å²) in [5.41, 5.74) is 6.24. The third-order valence-corrected chi connectivity index (χ3v) is 8.84. The molecule has 188 valence electrons. The molecule has 2 fully saturated rings. The number of carbonyl (C=O) groups excluding carboxylic acids is 1. The van der Waals surface area contributed by atoms with Gasteiger partial charge in [0.15, 0.2) is 0 Å². The van der Waals surface area contributed by atoms with Crippen molar-refractivity contribution in [3.05, 3.63) is 76.6 Å². The van der Waals surface area contributed by atoms with Gasteiger partial charge in [-0.25, -0.2) is 19.2 Å². The summed E-state index contributed by atoms with van der Waals surface area (Å²) in [6.45, 7) is 17.9. The van der Waals surface area contributed by atoms with E-state index in [1.54, 1.807) is 23.5 Å². The van der Waals surface area contributed by atoms with Gasteiger partial charge in [-0.2, -0.15) is 0 Å². The van der Waals surface area contributed by atoms with E-state index in [0.717, 1.165) is 48.0 Å². The third-order valence-electron chi connectivity index (χ3n) is 7.85. The fourth-order valence-corrected chi connectivity index (χ4v) is 6.87. The minimum atomic E-state index is -0.331. The summed E-state index contributed by atoms with van der Waals surface area (Å²) < 4.78 is 15.2. The molecular weight excluding hydrogens is 487 g/mol. The number of hydrogen-bond acceptors (Lipinski definition) is 6. The van der Waals surface area contributed by atoms with Crippen molar-refractivity contribution in [3.63, 3.8) is 0 Å². The highest BCUT2D eigenvalue weighted by molar-refractivity contribution is 7.14. The third kappa shape index (κ3) is 3.87. The molecule has 0 N–H and O–H groups in total. The Kier molecular flexibility index (Phi) is 5.72. The zero-order valence-electron chi connectivity index (χ0n) is 20.7. The van der Waals surface area contributed by atoms with Gasteiger partial charge in [0.1, 0.15) is 16.6 Å². The Labute approximate surface area is 219 Å². The van der Waals surface area contributed by atoms with Crippen LogP contribution >= 0.6 is 11.3 Å². The highest BCUT2D eigenvalue weighted by Gasteiger charge is 2.49. The average molecular weight is 515 g/mol. The summed E-state index contributed by atoms with van der Waals surface area (Å²) in [5.74, 6) is 0.251. The summed E-state index contributed by atoms with van der Waals surface area (Å²) in [4.78, 5) is 31.8. The van der Waals surface area contributed by atoms with E-state index in [1.165, 1.54) is 12.1 Å². The quantitative estimate of drug-likeness (QED) is 0.363. The highest BCUT2D eigenvalue weighted by atomic mass is 32.1. The number of benzene rings is 1. The summed E-state index contributed by atoms with van der Waals surface area (Å²) in [6, 6.07) is 6.71. The van der Waals surface area contributed by atoms with Gasteiger partial charge in [0.2, 0.25) is 11.6 Å². The number of thiazole rings is 1. The molecule has 0 unspecified atom stereocenters. The van der Waals surface area contributed by atoms with E-state index >= 15 is 4.39 Å². The van der Waals surface area contributed by atoms with Crippen LogP contribution in [0.1, 0.15) is 23.4 Å². The first-order chi connectivity index (χ1) is 17.9. The number of likely N-dealkylation sites (tertiary alicyclic amines) is 1. The van der Waals surface area contributed by atoms with Gasteiger partial charge in [-0.1, -0.05) is 24.8 Å². The molecule has 1 aromatic carbocycles. The van der Waals surface area contributed by atoms with Crippen molar-refractivity contribution in [2.45, 2.75) is 26.3 Å². The first-order valence-electron chi connectivity index (χ1n) is 12.4. The molecule has 3 aliphatic rings. The highest BCUT2D eigenvalue weighted by Crippen LogP contribution is 2.48. The molecule has 2 saturated heterocycles. The molecule has 2 aromatic heterocycles. The van der Waals surface area contributed by atoms with E-state index in [1.807, 2.05) is 23.4 Å². The standard InChI is InChI=1S/C28H27FN6OS/c1-4-23(36)35-15-28(16-35)10-12-34(14-28)26-25(30-3)24(19-7-5-6-8-21(19)29)20-9-11-33(13-22(20)32-26)27-18(2)31-17-37-27/h4-8,17H,1,9-16H2,2H3. The number of nitrogens with zero attached hydrogens (tertiary/aromatic N) is 6. The van der Waals surface area contributed by atoms with Crippen LogP contribution in [0.5, 0.6) is 0 Å². The Morgan fingerprint density at radius 2 is 2.05 bits per heavy atom. The van der Waals surface area contributed by atoms with Gasteiger partial charge < -0.3 is 14.7 Å². The molecule has 37 heavy (non-hydrogen) atoms. The van der Waals surface area contributed by atoms with Crippen molar-refractivity contribution in [3.8, 4) is 11.1 Å². The molecule has 0 radical (unpaired) electrons. The van der Waals surface area contributed by atoms with Gasteiger partial charge in [-0.15, -0.1) is 11.3 Å². The molecule has 0 atom stereocenters. The Balaban J connectivity index is 1.42. The van der Waals surface area contributed by atoms with Gasteiger partial charge in [0.05, 0.1) is 30.0 Å². The molecule has 6 rings (SSSR count). The van der Waals surface area contributed by atoms with E-state index in [9.17, 15) is 4.79 Å². The zero-order valence-corrected chi connectivity index (χ0v) is 21.5. The molecule has 0 bridgehead atoms. The Hall–Kier alpha value is -3.77. The van der Waals surface area contributed by atoms with Crippen molar-refractivity contribution < 1.29 is 9.18 Å². The maximum atomic E-state index is 15.2. The molecule has 9 heteroatoms. The van der Waals surface area contributed by atoms with Crippen LogP contribution in [0.25, 0.3) is 16.0 Å². The van der Waals surface area contributed by atoms with Gasteiger partial charge >= 0.3 is 0 Å². The lowest BCUT2D eigenvalue weighted by Crippen LogP contribution is -2.59. The molecule has 5 heterocycles. The summed E-state index contributed by atoms with van der Waals surface area (Å²) in [5, 5.41) is 1.12. The summed E-state index contributed by atoms with van der Waals surface area (Å²) >= 11 is 1.61. The first-order valence-corrected chi connectivity index (χ1v) is 13.3. The van der Waals surface area contributed by atoms with E-state index in [4.69, 9.17) is 11.6 Å². The number of hydrogen-bond donors (Lipinski definition) is 0. The van der Waals surface area contributed by atoms with Crippen molar-refractivity contribution in [1.29, 1.82) is 0 Å². The number of fused-ring (bicyclic) bond motifs is 1. The number of anilines is 2. The van der Waals surface area contributed by atoms with Crippen LogP contribution in [0.15, 0.2) is 42.4 Å². The minimum absolute atomic E-state index is 0.000500. The lowest BCUT2D eigenvalue weighted by molar-refractivity contribution is -0.136. The van der Waals surface area contributed by atoms with Crippen LogP contribution in [0.4, 0.5) is 20.9 Å². The lowest BCUT2D eigenvalue weighted by atomic mass is 9.79. The monoisotopic (exact) mass is 514 g/mol. The maximum absolute atomic E-state index is 15.2. The van der Waals surface area contributed by atoms with E-state index in [2.05, 4.69) is 26.2 Å². The Morgan fingerprint density at radius 3 is 2.76 bits per heavy atom. The van der Waals surface area contributed by atoms with Crippen LogP contribution in [0, 0.1) is 24.7 Å². The van der Waals surface area contributed by atoms with Crippen molar-refractivity contribution in [2.75, 3.05) is 42.5 Å². The van der Waals surface area contributed by atoms with Crippen molar-refractivity contribution in [2.24, 2.45) is 5.41 Å². The van der Waals surface area contributed by atoms with Crippen LogP contribution in [-0.2, 0) is 17.8 Å². The largest absolute Gasteiger partial charge is 0.365 e. The zero-order chi connectivity index (χ0) is 25.7. The normalized spacial score (nSPS) is 17.9. The van der Waals surface area contributed by atoms with Gasteiger partial charge in [-0.3, -0.25) is 4.79 Å². The number of aromatic nitrogens is 2. The fourth-order valence-electron chi connectivity index (χ4n) is 6.03. The number of amides is 1. The van der Waals surface area contributed by atoms with E-state index < -0.39 is 0 Å². The average Bonchev–Trinajstić information content (AvgIpc) is 3.53. The smallest absolute Gasteiger partial charge is 0.245 e. The first kappa shape index (κ1) is 23.6. The number of halogens is 1. The van der Waals surface area contributed by atoms with Crippen LogP contribution in [0.2, 0.25) is 0 Å². The van der Waals surface area contributed by atoms with Crippen molar-refractivity contribution >= 4 is 33.8 Å². The molecule has 1 amide bonds. The lowest BCUT2D eigenvalue weighted by Gasteiger charge is -2.47. The molecule has 0 saturated carbocycles. The van der Waals surface area contributed by atoms with Crippen LogP contribution < -0.4 is 9.80 Å². The SMILES string of the molecule is [C-]#[N+]c1c(N2CCC3(CN(C(=O)C=C)C3)C2)nc2c(c1-c1ccccc1F)CCN(c1scnc1C)C2. The number of rotatable bonds is 4. The van der Waals surface area contributed by atoms with Gasteiger partial charge in [0, 0.05) is 43.7 Å². The maximum Gasteiger partial charge on any atom is 0.245 e. The number of pyridine rings is 1. The fraction of sp³-hybridized carbons (Fsp3) is 0.357.